The van der Waals surface area contributed by atoms with E-state index in [0.717, 1.165) is 0 Å². The molecule has 0 aliphatic rings. The second-order valence-electron chi connectivity index (χ2n) is 4.07. The summed E-state index contributed by atoms with van der Waals surface area (Å²) in [6.07, 6.45) is 1.48. The van der Waals surface area contributed by atoms with Crippen molar-refractivity contribution >= 4 is 17.7 Å². The molecule has 2 N–H and O–H groups in total. The van der Waals surface area contributed by atoms with E-state index < -0.39 is 12.0 Å². The number of esters is 1. The van der Waals surface area contributed by atoms with Gasteiger partial charge in [0.1, 0.15) is 11.9 Å². The molecule has 1 unspecified atom stereocenters. The number of nitrogens with one attached hydrogen (secondary N) is 2. The van der Waals surface area contributed by atoms with Crippen molar-refractivity contribution in [2.45, 2.75) is 13.0 Å². The Labute approximate surface area is 117 Å². The molecule has 0 saturated carbocycles. The molecule has 110 valence electrons. The summed E-state index contributed by atoms with van der Waals surface area (Å²) < 4.78 is 9.47. The molecule has 1 heterocycles. The highest BCUT2D eigenvalue weighted by molar-refractivity contribution is 5.90. The minimum atomic E-state index is -0.479. The molecule has 0 spiro atoms. The SMILES string of the molecule is COCCNC(=O)C(C)Nc1cc(C(=O)OC)ccn1. The number of aromatic nitrogens is 1. The Morgan fingerprint density at radius 1 is 1.40 bits per heavy atom. The molecule has 0 saturated heterocycles. The highest BCUT2D eigenvalue weighted by atomic mass is 16.5. The zero-order chi connectivity index (χ0) is 15.0. The lowest BCUT2D eigenvalue weighted by Crippen LogP contribution is -2.39. The van der Waals surface area contributed by atoms with Crippen LogP contribution in [0.25, 0.3) is 0 Å². The quantitative estimate of drug-likeness (QED) is 0.556. The molecular weight excluding hydrogens is 262 g/mol. The summed E-state index contributed by atoms with van der Waals surface area (Å²) in [5.74, 6) is -0.192. The van der Waals surface area contributed by atoms with Crippen molar-refractivity contribution in [2.75, 3.05) is 32.7 Å². The average Bonchev–Trinajstić information content (AvgIpc) is 2.46. The Balaban J connectivity index is 2.59. The van der Waals surface area contributed by atoms with E-state index >= 15 is 0 Å². The van der Waals surface area contributed by atoms with Crippen molar-refractivity contribution < 1.29 is 19.1 Å². The number of amides is 1. The predicted octanol–water partition coefficient (Wildman–Crippen LogP) is 0.431. The van der Waals surface area contributed by atoms with Crippen LogP contribution in [0.3, 0.4) is 0 Å². The number of nitrogens with zero attached hydrogens (tertiary/aromatic N) is 1. The van der Waals surface area contributed by atoms with Crippen molar-refractivity contribution in [1.29, 1.82) is 0 Å². The third-order valence-corrected chi connectivity index (χ3v) is 2.54. The minimum absolute atomic E-state index is 0.174. The molecule has 0 aliphatic carbocycles. The number of carbonyl (C=O) groups excluding carboxylic acids is 2. The van der Waals surface area contributed by atoms with E-state index in [-0.39, 0.29) is 5.91 Å². The van der Waals surface area contributed by atoms with E-state index in [4.69, 9.17) is 4.74 Å². The molecular formula is C13H19N3O4. The topological polar surface area (TPSA) is 89.6 Å². The number of hydrogen-bond donors (Lipinski definition) is 2. The Morgan fingerprint density at radius 3 is 2.80 bits per heavy atom. The fraction of sp³-hybridized carbons (Fsp3) is 0.462. The van der Waals surface area contributed by atoms with Gasteiger partial charge in [-0.15, -0.1) is 0 Å². The summed E-state index contributed by atoms with van der Waals surface area (Å²) in [6, 6.07) is 2.60. The number of rotatable bonds is 7. The molecule has 0 aliphatic heterocycles. The van der Waals surface area contributed by atoms with Gasteiger partial charge in [0.25, 0.3) is 0 Å². The van der Waals surface area contributed by atoms with Gasteiger partial charge in [-0.25, -0.2) is 9.78 Å². The number of carbonyl (C=O) groups is 2. The van der Waals surface area contributed by atoms with E-state index in [2.05, 4.69) is 20.4 Å². The molecule has 1 aromatic rings. The van der Waals surface area contributed by atoms with Crippen LogP contribution in [0.1, 0.15) is 17.3 Å². The van der Waals surface area contributed by atoms with Gasteiger partial charge in [-0.3, -0.25) is 4.79 Å². The Morgan fingerprint density at radius 2 is 2.15 bits per heavy atom. The lowest BCUT2D eigenvalue weighted by molar-refractivity contribution is -0.121. The monoisotopic (exact) mass is 281 g/mol. The van der Waals surface area contributed by atoms with Crippen LogP contribution in [0, 0.1) is 0 Å². The zero-order valence-corrected chi connectivity index (χ0v) is 11.8. The van der Waals surface area contributed by atoms with Crippen LogP contribution in [0.15, 0.2) is 18.3 Å². The first-order valence-electron chi connectivity index (χ1n) is 6.16. The van der Waals surface area contributed by atoms with Gasteiger partial charge in [0.2, 0.25) is 5.91 Å². The third kappa shape index (κ3) is 4.85. The van der Waals surface area contributed by atoms with Crippen molar-refractivity contribution in [1.82, 2.24) is 10.3 Å². The highest BCUT2D eigenvalue weighted by Gasteiger charge is 2.13. The Hall–Kier alpha value is -2.15. The molecule has 0 aromatic carbocycles. The second-order valence-corrected chi connectivity index (χ2v) is 4.07. The zero-order valence-electron chi connectivity index (χ0n) is 11.8. The van der Waals surface area contributed by atoms with Gasteiger partial charge in [0, 0.05) is 19.9 Å². The van der Waals surface area contributed by atoms with Gasteiger partial charge < -0.3 is 20.1 Å². The summed E-state index contributed by atoms with van der Waals surface area (Å²) in [7, 11) is 2.87. The predicted molar refractivity (Wildman–Crippen MR) is 73.5 cm³/mol. The molecule has 1 aromatic heterocycles. The standard InChI is InChI=1S/C13H19N3O4/c1-9(12(17)15-6-7-19-2)16-11-8-10(4-5-14-11)13(18)20-3/h4-5,8-9H,6-7H2,1-3H3,(H,14,16)(H,15,17). The van der Waals surface area contributed by atoms with Crippen LogP contribution < -0.4 is 10.6 Å². The van der Waals surface area contributed by atoms with Crippen molar-refractivity contribution in [3.63, 3.8) is 0 Å². The summed E-state index contributed by atoms with van der Waals surface area (Å²) in [4.78, 5) is 27.2. The normalized spacial score (nSPS) is 11.6. The first-order valence-corrected chi connectivity index (χ1v) is 6.16. The molecule has 20 heavy (non-hydrogen) atoms. The molecule has 0 bridgehead atoms. The molecule has 0 fully saturated rings. The van der Waals surface area contributed by atoms with Crippen LogP contribution in [0.5, 0.6) is 0 Å². The molecule has 7 heteroatoms. The molecule has 0 radical (unpaired) electrons. The second kappa shape index (κ2) is 8.11. The highest BCUT2D eigenvalue weighted by Crippen LogP contribution is 2.09. The van der Waals surface area contributed by atoms with Crippen molar-refractivity contribution in [3.8, 4) is 0 Å². The Kier molecular flexibility index (Phi) is 6.45. The van der Waals surface area contributed by atoms with Crippen LogP contribution in [0.4, 0.5) is 5.82 Å². The summed E-state index contributed by atoms with van der Waals surface area (Å²) in [5, 5.41) is 5.62. The summed E-state index contributed by atoms with van der Waals surface area (Å²) in [6.45, 7) is 2.60. The largest absolute Gasteiger partial charge is 0.465 e. The number of hydrogen-bond acceptors (Lipinski definition) is 6. The summed E-state index contributed by atoms with van der Waals surface area (Å²) in [5.41, 5.74) is 0.372. The van der Waals surface area contributed by atoms with Gasteiger partial charge in [0.05, 0.1) is 19.3 Å². The fourth-order valence-corrected chi connectivity index (χ4v) is 1.47. The van der Waals surface area contributed by atoms with Gasteiger partial charge in [-0.1, -0.05) is 0 Å². The van der Waals surface area contributed by atoms with Gasteiger partial charge in [0.15, 0.2) is 0 Å². The number of methoxy groups -OCH3 is 2. The summed E-state index contributed by atoms with van der Waals surface area (Å²) >= 11 is 0. The first kappa shape index (κ1) is 15.9. The maximum atomic E-state index is 11.7. The average molecular weight is 281 g/mol. The maximum Gasteiger partial charge on any atom is 0.338 e. The van der Waals surface area contributed by atoms with Crippen molar-refractivity contribution in [2.24, 2.45) is 0 Å². The fourth-order valence-electron chi connectivity index (χ4n) is 1.47. The molecule has 1 amide bonds. The van der Waals surface area contributed by atoms with E-state index in [1.807, 2.05) is 0 Å². The number of anilines is 1. The van der Waals surface area contributed by atoms with Crippen molar-refractivity contribution in [3.05, 3.63) is 23.9 Å². The van der Waals surface area contributed by atoms with Crippen LogP contribution in [0.2, 0.25) is 0 Å². The maximum absolute atomic E-state index is 11.7. The van der Waals surface area contributed by atoms with Gasteiger partial charge in [-0.05, 0) is 19.1 Å². The van der Waals surface area contributed by atoms with E-state index in [1.54, 1.807) is 20.1 Å². The van der Waals surface area contributed by atoms with E-state index in [1.165, 1.54) is 19.4 Å². The van der Waals surface area contributed by atoms with Gasteiger partial charge in [-0.2, -0.15) is 0 Å². The van der Waals surface area contributed by atoms with Crippen LogP contribution in [-0.2, 0) is 14.3 Å². The van der Waals surface area contributed by atoms with Gasteiger partial charge >= 0.3 is 5.97 Å². The molecule has 1 rings (SSSR count). The first-order chi connectivity index (χ1) is 9.58. The number of pyridine rings is 1. The molecule has 7 nitrogen and oxygen atoms in total. The minimum Gasteiger partial charge on any atom is -0.465 e. The van der Waals surface area contributed by atoms with E-state index in [0.29, 0.717) is 24.5 Å². The smallest absolute Gasteiger partial charge is 0.338 e. The lowest BCUT2D eigenvalue weighted by Gasteiger charge is -2.14. The lowest BCUT2D eigenvalue weighted by atomic mass is 10.2. The third-order valence-electron chi connectivity index (χ3n) is 2.54. The van der Waals surface area contributed by atoms with Crippen LogP contribution >= 0.6 is 0 Å². The molecule has 1 atom stereocenters. The number of ether oxygens (including phenoxy) is 2. The van der Waals surface area contributed by atoms with Crippen LogP contribution in [-0.4, -0.2) is 50.3 Å². The van der Waals surface area contributed by atoms with E-state index in [9.17, 15) is 9.59 Å². The Bertz CT molecular complexity index is 465.